The van der Waals surface area contributed by atoms with Crippen LogP contribution in [0.2, 0.25) is 0 Å². The quantitative estimate of drug-likeness (QED) is 0.221. The summed E-state index contributed by atoms with van der Waals surface area (Å²) < 4.78 is 33.6. The molecule has 0 aromatic heterocycles. The van der Waals surface area contributed by atoms with Crippen LogP contribution < -0.4 is 10.6 Å². The highest BCUT2D eigenvalue weighted by molar-refractivity contribution is 14.0. The van der Waals surface area contributed by atoms with Crippen LogP contribution in [0.25, 0.3) is 0 Å². The maximum atomic E-state index is 11.7. The normalized spacial score (nSPS) is 11.8. The monoisotopic (exact) mass is 499 g/mol. The largest absolute Gasteiger partial charge is 0.382 e. The standard InChI is InChI=1S/C17H29N3O4S.HI/c1-5-18-17(19-8-9-24-11-10-23-3)20-13-15-6-7-16(14(2)12-15)25(4,21)22;/h6-7,12H,5,8-11,13H2,1-4H3,(H2,18,19,20);1H. The summed E-state index contributed by atoms with van der Waals surface area (Å²) in [6.45, 7) is 7.36. The molecule has 0 radical (unpaired) electrons. The maximum Gasteiger partial charge on any atom is 0.191 e. The van der Waals surface area contributed by atoms with Crippen molar-refractivity contribution < 1.29 is 17.9 Å². The molecule has 1 aromatic carbocycles. The van der Waals surface area contributed by atoms with Gasteiger partial charge < -0.3 is 20.1 Å². The van der Waals surface area contributed by atoms with E-state index in [0.29, 0.717) is 43.8 Å². The van der Waals surface area contributed by atoms with Crippen molar-refractivity contribution in [3.8, 4) is 0 Å². The average Bonchev–Trinajstić information content (AvgIpc) is 2.54. The fraction of sp³-hybridized carbons (Fsp3) is 0.588. The van der Waals surface area contributed by atoms with E-state index < -0.39 is 9.84 Å². The smallest absolute Gasteiger partial charge is 0.191 e. The van der Waals surface area contributed by atoms with Crippen molar-refractivity contribution in [2.45, 2.75) is 25.3 Å². The molecule has 1 rings (SSSR count). The molecule has 0 atom stereocenters. The number of hydrogen-bond donors (Lipinski definition) is 2. The van der Waals surface area contributed by atoms with Crippen LogP contribution in [-0.4, -0.2) is 60.7 Å². The van der Waals surface area contributed by atoms with Crippen LogP contribution in [0, 0.1) is 6.92 Å². The Bertz CT molecular complexity index is 666. The van der Waals surface area contributed by atoms with Crippen LogP contribution in [0.3, 0.4) is 0 Å². The molecule has 0 aliphatic rings. The van der Waals surface area contributed by atoms with Gasteiger partial charge in [0.2, 0.25) is 0 Å². The highest BCUT2D eigenvalue weighted by Crippen LogP contribution is 2.17. The van der Waals surface area contributed by atoms with E-state index in [1.807, 2.05) is 13.0 Å². The molecule has 9 heteroatoms. The van der Waals surface area contributed by atoms with Crippen molar-refractivity contribution in [3.63, 3.8) is 0 Å². The summed E-state index contributed by atoms with van der Waals surface area (Å²) in [5.74, 6) is 0.697. The molecule has 0 aliphatic carbocycles. The SMILES string of the molecule is CCNC(=NCc1ccc(S(C)(=O)=O)c(C)c1)NCCOCCOC.I. The molecule has 7 nitrogen and oxygen atoms in total. The first-order chi connectivity index (χ1) is 11.9. The molecule has 0 aliphatic heterocycles. The number of aryl methyl sites for hydroxylation is 1. The lowest BCUT2D eigenvalue weighted by Crippen LogP contribution is -2.39. The molecule has 0 saturated heterocycles. The number of rotatable bonds is 10. The van der Waals surface area contributed by atoms with Gasteiger partial charge in [-0.1, -0.05) is 12.1 Å². The number of methoxy groups -OCH3 is 1. The molecular formula is C17H30IN3O4S. The van der Waals surface area contributed by atoms with E-state index in [0.717, 1.165) is 17.7 Å². The van der Waals surface area contributed by atoms with E-state index in [4.69, 9.17) is 9.47 Å². The minimum absolute atomic E-state index is 0. The molecule has 0 bridgehead atoms. The van der Waals surface area contributed by atoms with E-state index in [2.05, 4.69) is 15.6 Å². The molecule has 0 heterocycles. The highest BCUT2D eigenvalue weighted by atomic mass is 127. The van der Waals surface area contributed by atoms with Gasteiger partial charge in [0.05, 0.1) is 31.3 Å². The lowest BCUT2D eigenvalue weighted by molar-refractivity contribution is 0.0733. The van der Waals surface area contributed by atoms with E-state index in [1.54, 1.807) is 26.2 Å². The Morgan fingerprint density at radius 2 is 1.92 bits per heavy atom. The first kappa shape index (κ1) is 25.1. The summed E-state index contributed by atoms with van der Waals surface area (Å²) in [5.41, 5.74) is 1.69. The zero-order chi connectivity index (χ0) is 18.7. The van der Waals surface area contributed by atoms with E-state index in [9.17, 15) is 8.42 Å². The van der Waals surface area contributed by atoms with Gasteiger partial charge in [-0.05, 0) is 31.0 Å². The molecule has 0 fully saturated rings. The second kappa shape index (κ2) is 13.3. The van der Waals surface area contributed by atoms with E-state index in [-0.39, 0.29) is 24.0 Å². The lowest BCUT2D eigenvalue weighted by Gasteiger charge is -2.12. The van der Waals surface area contributed by atoms with Gasteiger partial charge in [-0.15, -0.1) is 24.0 Å². The lowest BCUT2D eigenvalue weighted by atomic mass is 10.1. The second-order valence-electron chi connectivity index (χ2n) is 5.60. The maximum absolute atomic E-state index is 11.7. The number of nitrogens with one attached hydrogen (secondary N) is 2. The summed E-state index contributed by atoms with van der Waals surface area (Å²) in [6.07, 6.45) is 1.22. The Balaban J connectivity index is 0.00000625. The van der Waals surface area contributed by atoms with Crippen LogP contribution in [0.5, 0.6) is 0 Å². The number of aliphatic imine (C=N–C) groups is 1. The van der Waals surface area contributed by atoms with Gasteiger partial charge in [-0.3, -0.25) is 0 Å². The van der Waals surface area contributed by atoms with Crippen LogP contribution in [0.15, 0.2) is 28.1 Å². The van der Waals surface area contributed by atoms with Crippen molar-refractivity contribution in [1.82, 2.24) is 10.6 Å². The van der Waals surface area contributed by atoms with Gasteiger partial charge in [-0.2, -0.15) is 0 Å². The van der Waals surface area contributed by atoms with Crippen molar-refractivity contribution in [2.75, 3.05) is 46.3 Å². The molecule has 0 spiro atoms. The van der Waals surface area contributed by atoms with E-state index >= 15 is 0 Å². The average molecular weight is 499 g/mol. The topological polar surface area (TPSA) is 89.0 Å². The summed E-state index contributed by atoms with van der Waals surface area (Å²) >= 11 is 0. The Labute approximate surface area is 173 Å². The van der Waals surface area contributed by atoms with Crippen molar-refractivity contribution in [1.29, 1.82) is 0 Å². The predicted octanol–water partition coefficient (Wildman–Crippen LogP) is 1.73. The van der Waals surface area contributed by atoms with Crippen LogP contribution in [0.4, 0.5) is 0 Å². The molecule has 0 amide bonds. The van der Waals surface area contributed by atoms with Gasteiger partial charge in [0.15, 0.2) is 15.8 Å². The zero-order valence-electron chi connectivity index (χ0n) is 15.9. The third kappa shape index (κ3) is 9.70. The Kier molecular flexibility index (Phi) is 12.8. The van der Waals surface area contributed by atoms with Gasteiger partial charge >= 0.3 is 0 Å². The van der Waals surface area contributed by atoms with Gasteiger partial charge in [0.25, 0.3) is 0 Å². The highest BCUT2D eigenvalue weighted by Gasteiger charge is 2.10. The molecule has 0 unspecified atom stereocenters. The summed E-state index contributed by atoms with van der Waals surface area (Å²) in [4.78, 5) is 4.88. The minimum atomic E-state index is -3.20. The van der Waals surface area contributed by atoms with E-state index in [1.165, 1.54) is 6.26 Å². The summed E-state index contributed by atoms with van der Waals surface area (Å²) in [7, 11) is -1.55. The molecular weight excluding hydrogens is 469 g/mol. The zero-order valence-corrected chi connectivity index (χ0v) is 19.0. The number of guanidine groups is 1. The van der Waals surface area contributed by atoms with Gasteiger partial charge in [0.1, 0.15) is 0 Å². The van der Waals surface area contributed by atoms with Crippen molar-refractivity contribution in [3.05, 3.63) is 29.3 Å². The molecule has 1 aromatic rings. The predicted molar refractivity (Wildman–Crippen MR) is 115 cm³/mol. The third-order valence-electron chi connectivity index (χ3n) is 3.37. The van der Waals surface area contributed by atoms with Crippen LogP contribution >= 0.6 is 24.0 Å². The Morgan fingerprint density at radius 1 is 1.19 bits per heavy atom. The minimum Gasteiger partial charge on any atom is -0.382 e. The van der Waals surface area contributed by atoms with Crippen LogP contribution in [0.1, 0.15) is 18.1 Å². The fourth-order valence-corrected chi connectivity index (χ4v) is 3.18. The molecule has 150 valence electrons. The molecule has 26 heavy (non-hydrogen) atoms. The number of benzene rings is 1. The van der Waals surface area contributed by atoms with Gasteiger partial charge in [-0.25, -0.2) is 13.4 Å². The number of sulfone groups is 1. The molecule has 0 saturated carbocycles. The first-order valence-electron chi connectivity index (χ1n) is 8.27. The molecule has 2 N–H and O–H groups in total. The van der Waals surface area contributed by atoms with Crippen molar-refractivity contribution >= 4 is 39.8 Å². The third-order valence-corrected chi connectivity index (χ3v) is 4.63. The second-order valence-corrected chi connectivity index (χ2v) is 7.58. The number of halogens is 1. The number of ether oxygens (including phenoxy) is 2. The summed E-state index contributed by atoms with van der Waals surface area (Å²) in [6, 6.07) is 5.29. The summed E-state index contributed by atoms with van der Waals surface area (Å²) in [5, 5.41) is 6.36. The Hall–Kier alpha value is -0.910. The fourth-order valence-electron chi connectivity index (χ4n) is 2.22. The Morgan fingerprint density at radius 3 is 2.50 bits per heavy atom. The van der Waals surface area contributed by atoms with Gasteiger partial charge in [0, 0.05) is 26.5 Å². The van der Waals surface area contributed by atoms with Crippen molar-refractivity contribution in [2.24, 2.45) is 4.99 Å². The first-order valence-corrected chi connectivity index (χ1v) is 10.2. The number of nitrogens with zero attached hydrogens (tertiary/aromatic N) is 1. The number of hydrogen-bond acceptors (Lipinski definition) is 5. The van der Waals surface area contributed by atoms with Crippen LogP contribution in [-0.2, 0) is 25.9 Å².